The molecule has 1 atom stereocenters. The molecular weight excluding hydrogens is 146 g/mol. The van der Waals surface area contributed by atoms with E-state index < -0.39 is 6.10 Å². The molecule has 0 aliphatic carbocycles. The molecule has 1 aliphatic heterocycles. The average molecular weight is 159 g/mol. The molecule has 4 heteroatoms. The van der Waals surface area contributed by atoms with Crippen LogP contribution in [0.25, 0.3) is 0 Å². The average Bonchev–Trinajstić information content (AvgIpc) is 1.94. The zero-order chi connectivity index (χ0) is 8.43. The Morgan fingerprint density at radius 1 is 1.73 bits per heavy atom. The van der Waals surface area contributed by atoms with E-state index in [2.05, 4.69) is 0 Å². The van der Waals surface area contributed by atoms with Gasteiger partial charge in [-0.3, -0.25) is 0 Å². The van der Waals surface area contributed by atoms with E-state index in [9.17, 15) is 4.79 Å². The molecule has 0 saturated carbocycles. The van der Waals surface area contributed by atoms with Crippen molar-refractivity contribution in [3.63, 3.8) is 0 Å². The van der Waals surface area contributed by atoms with Crippen molar-refractivity contribution in [2.45, 2.75) is 26.0 Å². The third kappa shape index (κ3) is 1.83. The minimum atomic E-state index is -0.532. The van der Waals surface area contributed by atoms with Crippen molar-refractivity contribution < 1.29 is 14.6 Å². The summed E-state index contributed by atoms with van der Waals surface area (Å²) >= 11 is 0. The number of amides is 1. The van der Waals surface area contributed by atoms with Gasteiger partial charge in [-0.1, -0.05) is 0 Å². The number of carbonyl (C=O) groups is 1. The smallest absolute Gasteiger partial charge is 0.410 e. The van der Waals surface area contributed by atoms with E-state index in [1.807, 2.05) is 13.8 Å². The Balaban J connectivity index is 2.54. The lowest BCUT2D eigenvalue weighted by Crippen LogP contribution is -2.48. The van der Waals surface area contributed by atoms with Gasteiger partial charge in [0.15, 0.2) is 0 Å². The molecule has 1 fully saturated rings. The summed E-state index contributed by atoms with van der Waals surface area (Å²) in [4.78, 5) is 12.5. The van der Waals surface area contributed by atoms with Gasteiger partial charge in [-0.15, -0.1) is 0 Å². The summed E-state index contributed by atoms with van der Waals surface area (Å²) in [5.41, 5.74) is 0. The molecule has 0 aromatic heterocycles. The first-order valence-corrected chi connectivity index (χ1v) is 3.72. The summed E-state index contributed by atoms with van der Waals surface area (Å²) in [7, 11) is 0. The lowest BCUT2D eigenvalue weighted by molar-refractivity contribution is -0.0141. The van der Waals surface area contributed by atoms with Crippen molar-refractivity contribution in [3.05, 3.63) is 0 Å². The van der Waals surface area contributed by atoms with Gasteiger partial charge >= 0.3 is 6.09 Å². The molecule has 64 valence electrons. The summed E-state index contributed by atoms with van der Waals surface area (Å²) in [6, 6.07) is 0.0949. The van der Waals surface area contributed by atoms with Crippen molar-refractivity contribution in [1.29, 1.82) is 0 Å². The van der Waals surface area contributed by atoms with Crippen LogP contribution in [0.5, 0.6) is 0 Å². The van der Waals surface area contributed by atoms with Gasteiger partial charge in [-0.2, -0.15) is 0 Å². The molecular formula is C7H13NO3. The fourth-order valence-electron chi connectivity index (χ4n) is 1.03. The normalized spacial score (nSPS) is 25.6. The highest BCUT2D eigenvalue weighted by Crippen LogP contribution is 2.08. The summed E-state index contributed by atoms with van der Waals surface area (Å²) in [5, 5.41) is 9.13. The van der Waals surface area contributed by atoms with Gasteiger partial charge in [-0.25, -0.2) is 4.79 Å². The van der Waals surface area contributed by atoms with Crippen LogP contribution >= 0.6 is 0 Å². The van der Waals surface area contributed by atoms with Gasteiger partial charge in [0.1, 0.15) is 12.7 Å². The van der Waals surface area contributed by atoms with Crippen molar-refractivity contribution >= 4 is 6.09 Å². The van der Waals surface area contributed by atoms with Gasteiger partial charge in [0, 0.05) is 6.04 Å². The Hall–Kier alpha value is -0.770. The Morgan fingerprint density at radius 2 is 2.36 bits per heavy atom. The molecule has 1 saturated heterocycles. The highest BCUT2D eigenvalue weighted by molar-refractivity contribution is 5.68. The van der Waals surface area contributed by atoms with Crippen molar-refractivity contribution in [2.75, 3.05) is 13.2 Å². The van der Waals surface area contributed by atoms with Crippen LogP contribution in [0.4, 0.5) is 4.79 Å². The number of cyclic esters (lactones) is 1. The van der Waals surface area contributed by atoms with Gasteiger partial charge in [0.2, 0.25) is 0 Å². The van der Waals surface area contributed by atoms with E-state index in [1.165, 1.54) is 4.90 Å². The number of aliphatic hydroxyl groups is 1. The van der Waals surface area contributed by atoms with Crippen molar-refractivity contribution in [2.24, 2.45) is 0 Å². The molecule has 0 spiro atoms. The predicted molar refractivity (Wildman–Crippen MR) is 39.2 cm³/mol. The van der Waals surface area contributed by atoms with Crippen molar-refractivity contribution in [1.82, 2.24) is 4.90 Å². The number of ether oxygens (including phenoxy) is 1. The summed E-state index contributed by atoms with van der Waals surface area (Å²) in [5.74, 6) is 0. The molecule has 11 heavy (non-hydrogen) atoms. The predicted octanol–water partition coefficient (Wildman–Crippen LogP) is 0.208. The third-order valence-electron chi connectivity index (χ3n) is 1.66. The highest BCUT2D eigenvalue weighted by atomic mass is 16.6. The fourth-order valence-corrected chi connectivity index (χ4v) is 1.03. The maximum atomic E-state index is 11.0. The molecule has 0 aromatic rings. The number of hydrogen-bond donors (Lipinski definition) is 1. The fraction of sp³-hybridized carbons (Fsp3) is 0.857. The molecule has 0 aromatic carbocycles. The summed E-state index contributed by atoms with van der Waals surface area (Å²) < 4.78 is 4.70. The van der Waals surface area contributed by atoms with Crippen LogP contribution in [-0.4, -0.2) is 41.4 Å². The molecule has 1 heterocycles. The topological polar surface area (TPSA) is 49.8 Å². The lowest BCUT2D eigenvalue weighted by Gasteiger charge is -2.32. The zero-order valence-electron chi connectivity index (χ0n) is 6.78. The standard InChI is InChI=1S/C7H13NO3/c1-5(2)8-3-6(9)4-11-7(8)10/h5-6,9H,3-4H2,1-2H3. The minimum absolute atomic E-state index is 0.0949. The van der Waals surface area contributed by atoms with Crippen LogP contribution in [0.1, 0.15) is 13.8 Å². The Morgan fingerprint density at radius 3 is 2.82 bits per heavy atom. The number of nitrogens with zero attached hydrogens (tertiary/aromatic N) is 1. The maximum Gasteiger partial charge on any atom is 0.410 e. The Labute approximate surface area is 65.8 Å². The van der Waals surface area contributed by atoms with Crippen LogP contribution in [0.3, 0.4) is 0 Å². The molecule has 1 aliphatic rings. The molecule has 1 amide bonds. The first kappa shape index (κ1) is 8.33. The number of carbonyl (C=O) groups excluding carboxylic acids is 1. The van der Waals surface area contributed by atoms with Gasteiger partial charge < -0.3 is 14.7 Å². The van der Waals surface area contributed by atoms with Crippen LogP contribution < -0.4 is 0 Å². The second-order valence-corrected chi connectivity index (χ2v) is 2.98. The monoisotopic (exact) mass is 159 g/mol. The molecule has 1 N–H and O–H groups in total. The van der Waals surface area contributed by atoms with Crippen LogP contribution in [0.15, 0.2) is 0 Å². The van der Waals surface area contributed by atoms with E-state index in [1.54, 1.807) is 0 Å². The molecule has 1 rings (SSSR count). The molecule has 4 nitrogen and oxygen atoms in total. The largest absolute Gasteiger partial charge is 0.447 e. The quantitative estimate of drug-likeness (QED) is 0.595. The van der Waals surface area contributed by atoms with Gasteiger partial charge in [0.25, 0.3) is 0 Å². The van der Waals surface area contributed by atoms with E-state index >= 15 is 0 Å². The van der Waals surface area contributed by atoms with E-state index in [4.69, 9.17) is 9.84 Å². The third-order valence-corrected chi connectivity index (χ3v) is 1.66. The van der Waals surface area contributed by atoms with E-state index in [0.29, 0.717) is 6.54 Å². The molecule has 1 unspecified atom stereocenters. The minimum Gasteiger partial charge on any atom is -0.447 e. The number of β-amino-alcohol motifs (C(OH)–C–C–N with tert-alkyl or cyclic N) is 1. The van der Waals surface area contributed by atoms with Gasteiger partial charge in [0.05, 0.1) is 6.54 Å². The Bertz CT molecular complexity index is 158. The number of rotatable bonds is 1. The van der Waals surface area contributed by atoms with Crippen LogP contribution in [-0.2, 0) is 4.74 Å². The van der Waals surface area contributed by atoms with Crippen LogP contribution in [0, 0.1) is 0 Å². The Kier molecular flexibility index (Phi) is 2.34. The van der Waals surface area contributed by atoms with E-state index in [0.717, 1.165) is 0 Å². The number of aliphatic hydroxyl groups excluding tert-OH is 1. The van der Waals surface area contributed by atoms with Gasteiger partial charge in [-0.05, 0) is 13.8 Å². The maximum absolute atomic E-state index is 11.0. The number of hydrogen-bond acceptors (Lipinski definition) is 3. The summed E-state index contributed by atoms with van der Waals surface area (Å²) in [6.07, 6.45) is -0.861. The lowest BCUT2D eigenvalue weighted by atomic mass is 10.2. The van der Waals surface area contributed by atoms with E-state index in [-0.39, 0.29) is 18.7 Å². The van der Waals surface area contributed by atoms with Crippen LogP contribution in [0.2, 0.25) is 0 Å². The second kappa shape index (κ2) is 3.09. The summed E-state index contributed by atoms with van der Waals surface area (Å²) in [6.45, 7) is 4.29. The SMILES string of the molecule is CC(C)N1CC(O)COC1=O. The first-order chi connectivity index (χ1) is 5.11. The zero-order valence-corrected chi connectivity index (χ0v) is 6.78. The molecule has 0 radical (unpaired) electrons. The highest BCUT2D eigenvalue weighted by Gasteiger charge is 2.27. The molecule has 0 bridgehead atoms. The first-order valence-electron chi connectivity index (χ1n) is 3.72. The second-order valence-electron chi connectivity index (χ2n) is 2.98. The van der Waals surface area contributed by atoms with Crippen molar-refractivity contribution in [3.8, 4) is 0 Å².